The van der Waals surface area contributed by atoms with Gasteiger partial charge in [0.25, 0.3) is 0 Å². The van der Waals surface area contributed by atoms with Crippen LogP contribution in [-0.4, -0.2) is 18.4 Å². The van der Waals surface area contributed by atoms with Gasteiger partial charge in [0.2, 0.25) is 0 Å². The van der Waals surface area contributed by atoms with Gasteiger partial charge in [0.15, 0.2) is 0 Å². The van der Waals surface area contributed by atoms with Crippen LogP contribution in [0.5, 0.6) is 0 Å². The molecule has 0 amide bonds. The van der Waals surface area contributed by atoms with Crippen LogP contribution >= 0.6 is 15.9 Å². The Balaban J connectivity index is 2.86. The predicted molar refractivity (Wildman–Crippen MR) is 87.7 cm³/mol. The van der Waals surface area contributed by atoms with E-state index >= 15 is 0 Å². The first-order chi connectivity index (χ1) is 8.91. The average molecular weight is 320 g/mol. The number of hydrogen-bond acceptors (Lipinski definition) is 1. The molecule has 0 aromatic rings. The lowest BCUT2D eigenvalue weighted by atomic mass is 10.1. The zero-order chi connectivity index (χ0) is 13.3. The Morgan fingerprint density at radius 3 is 1.56 bits per heavy atom. The Bertz CT molecular complexity index is 123. The molecule has 0 aliphatic heterocycles. The van der Waals surface area contributed by atoms with Gasteiger partial charge in [-0.05, 0) is 32.4 Å². The molecule has 0 unspecified atom stereocenters. The lowest BCUT2D eigenvalue weighted by Gasteiger charge is -2.04. The molecular formula is C16H34BrN. The molecule has 0 saturated carbocycles. The highest BCUT2D eigenvalue weighted by molar-refractivity contribution is 9.09. The Hall–Kier alpha value is 0.440. The fraction of sp³-hybridized carbons (Fsp3) is 1.00. The van der Waals surface area contributed by atoms with Gasteiger partial charge in [-0.3, -0.25) is 0 Å². The number of rotatable bonds is 15. The van der Waals surface area contributed by atoms with E-state index in [0.29, 0.717) is 0 Å². The molecule has 0 saturated heterocycles. The summed E-state index contributed by atoms with van der Waals surface area (Å²) in [6, 6.07) is 0. The number of unbranched alkanes of at least 4 members (excludes halogenated alkanes) is 10. The van der Waals surface area contributed by atoms with Crippen molar-refractivity contribution in [1.29, 1.82) is 0 Å². The van der Waals surface area contributed by atoms with Crippen molar-refractivity contribution in [3.05, 3.63) is 0 Å². The quantitative estimate of drug-likeness (QED) is 0.303. The summed E-state index contributed by atoms with van der Waals surface area (Å²) >= 11 is 3.47. The third kappa shape index (κ3) is 16.4. The van der Waals surface area contributed by atoms with Gasteiger partial charge < -0.3 is 5.32 Å². The molecule has 0 fully saturated rings. The van der Waals surface area contributed by atoms with Crippen LogP contribution in [-0.2, 0) is 0 Å². The Kier molecular flexibility index (Phi) is 17.9. The molecule has 0 aromatic carbocycles. The van der Waals surface area contributed by atoms with Gasteiger partial charge in [-0.1, -0.05) is 80.6 Å². The van der Waals surface area contributed by atoms with Gasteiger partial charge in [0.1, 0.15) is 0 Å². The zero-order valence-corrected chi connectivity index (χ0v) is 14.1. The van der Waals surface area contributed by atoms with Crippen LogP contribution in [0.25, 0.3) is 0 Å². The van der Waals surface area contributed by atoms with Crippen LogP contribution < -0.4 is 5.32 Å². The summed E-state index contributed by atoms with van der Waals surface area (Å²) in [4.78, 5) is 0. The van der Waals surface area contributed by atoms with Gasteiger partial charge in [0, 0.05) is 5.33 Å². The number of alkyl halides is 1. The molecule has 0 aliphatic rings. The molecular weight excluding hydrogens is 286 g/mol. The molecule has 0 heterocycles. The fourth-order valence-corrected chi connectivity index (χ4v) is 2.60. The third-order valence-corrected chi connectivity index (χ3v) is 4.01. The second-order valence-electron chi connectivity index (χ2n) is 5.33. The van der Waals surface area contributed by atoms with E-state index in [0.717, 1.165) is 0 Å². The Labute approximate surface area is 124 Å². The molecule has 0 radical (unpaired) electrons. The van der Waals surface area contributed by atoms with Gasteiger partial charge in [-0.15, -0.1) is 0 Å². The maximum Gasteiger partial charge on any atom is 0.00313 e. The second-order valence-corrected chi connectivity index (χ2v) is 6.12. The van der Waals surface area contributed by atoms with Crippen LogP contribution in [0.1, 0.15) is 84.0 Å². The van der Waals surface area contributed by atoms with Crippen LogP contribution in [0.15, 0.2) is 0 Å². The van der Waals surface area contributed by atoms with Gasteiger partial charge in [-0.25, -0.2) is 0 Å². The van der Waals surface area contributed by atoms with Crippen molar-refractivity contribution in [2.24, 2.45) is 0 Å². The molecule has 110 valence electrons. The smallest absolute Gasteiger partial charge is 0.00313 e. The predicted octanol–water partition coefficient (Wildman–Crippen LogP) is 5.67. The Morgan fingerprint density at radius 2 is 1.06 bits per heavy atom. The Morgan fingerprint density at radius 1 is 0.611 bits per heavy atom. The fourth-order valence-electron chi connectivity index (χ4n) is 2.21. The minimum atomic E-state index is 1.17. The van der Waals surface area contributed by atoms with Crippen LogP contribution in [0.4, 0.5) is 0 Å². The third-order valence-electron chi connectivity index (χ3n) is 3.44. The molecule has 1 nitrogen and oxygen atoms in total. The first-order valence-corrected chi connectivity index (χ1v) is 9.30. The van der Waals surface area contributed by atoms with Crippen molar-refractivity contribution in [3.63, 3.8) is 0 Å². The van der Waals surface area contributed by atoms with Gasteiger partial charge >= 0.3 is 0 Å². The second kappa shape index (κ2) is 17.4. The van der Waals surface area contributed by atoms with E-state index in [1.807, 2.05) is 0 Å². The molecule has 0 atom stereocenters. The van der Waals surface area contributed by atoms with E-state index < -0.39 is 0 Å². The van der Waals surface area contributed by atoms with E-state index in [1.165, 1.54) is 95.5 Å². The summed E-state index contributed by atoms with van der Waals surface area (Å²) in [6.07, 6.45) is 16.8. The molecule has 0 spiro atoms. The standard InChI is InChI=1S/C16H34BrN/c1-2-3-4-5-6-7-9-12-15-18-16-13-10-8-11-14-17/h18H,2-16H2,1H3. The van der Waals surface area contributed by atoms with Crippen molar-refractivity contribution in [3.8, 4) is 0 Å². The maximum absolute atomic E-state index is 3.56. The van der Waals surface area contributed by atoms with Crippen molar-refractivity contribution < 1.29 is 0 Å². The maximum atomic E-state index is 3.56. The van der Waals surface area contributed by atoms with Crippen LogP contribution in [0.2, 0.25) is 0 Å². The lowest BCUT2D eigenvalue weighted by Crippen LogP contribution is -2.16. The highest BCUT2D eigenvalue weighted by Gasteiger charge is 1.92. The van der Waals surface area contributed by atoms with Crippen molar-refractivity contribution in [2.75, 3.05) is 18.4 Å². The molecule has 0 aromatic heterocycles. The average Bonchev–Trinajstić information content (AvgIpc) is 2.39. The van der Waals surface area contributed by atoms with Crippen LogP contribution in [0, 0.1) is 0 Å². The summed E-state index contributed by atoms with van der Waals surface area (Å²) in [6.45, 7) is 4.73. The largest absolute Gasteiger partial charge is 0.317 e. The summed E-state index contributed by atoms with van der Waals surface area (Å²) in [7, 11) is 0. The van der Waals surface area contributed by atoms with E-state index in [4.69, 9.17) is 0 Å². The minimum Gasteiger partial charge on any atom is -0.317 e. The van der Waals surface area contributed by atoms with Crippen molar-refractivity contribution in [2.45, 2.75) is 84.0 Å². The van der Waals surface area contributed by atoms with E-state index in [2.05, 4.69) is 28.2 Å². The van der Waals surface area contributed by atoms with Crippen molar-refractivity contribution >= 4 is 15.9 Å². The summed E-state index contributed by atoms with van der Waals surface area (Å²) in [5.41, 5.74) is 0. The SMILES string of the molecule is CCCCCCCCCCNCCCCCCBr. The molecule has 18 heavy (non-hydrogen) atoms. The number of halogens is 1. The summed E-state index contributed by atoms with van der Waals surface area (Å²) in [5, 5.41) is 4.73. The molecule has 0 aliphatic carbocycles. The van der Waals surface area contributed by atoms with E-state index in [-0.39, 0.29) is 0 Å². The van der Waals surface area contributed by atoms with Gasteiger partial charge in [-0.2, -0.15) is 0 Å². The first-order valence-electron chi connectivity index (χ1n) is 8.18. The normalized spacial score (nSPS) is 11.0. The topological polar surface area (TPSA) is 12.0 Å². The molecule has 2 heteroatoms. The molecule has 0 bridgehead atoms. The lowest BCUT2D eigenvalue weighted by molar-refractivity contribution is 0.543. The van der Waals surface area contributed by atoms with Gasteiger partial charge in [0.05, 0.1) is 0 Å². The van der Waals surface area contributed by atoms with E-state index in [9.17, 15) is 0 Å². The summed E-state index contributed by atoms with van der Waals surface area (Å²) in [5.74, 6) is 0. The highest BCUT2D eigenvalue weighted by atomic mass is 79.9. The van der Waals surface area contributed by atoms with E-state index in [1.54, 1.807) is 0 Å². The van der Waals surface area contributed by atoms with Crippen molar-refractivity contribution in [1.82, 2.24) is 5.32 Å². The first kappa shape index (κ1) is 18.4. The monoisotopic (exact) mass is 319 g/mol. The summed E-state index contributed by atoms with van der Waals surface area (Å²) < 4.78 is 0. The minimum absolute atomic E-state index is 1.17. The molecule has 0 rings (SSSR count). The van der Waals surface area contributed by atoms with Crippen LogP contribution in [0.3, 0.4) is 0 Å². The zero-order valence-electron chi connectivity index (χ0n) is 12.5. The highest BCUT2D eigenvalue weighted by Crippen LogP contribution is 2.07. The molecule has 1 N–H and O–H groups in total. The number of hydrogen-bond donors (Lipinski definition) is 1. The number of nitrogens with one attached hydrogen (secondary N) is 1.